The second kappa shape index (κ2) is 4.93. The molecule has 0 saturated heterocycles. The zero-order chi connectivity index (χ0) is 13.2. The van der Waals surface area contributed by atoms with Gasteiger partial charge in [0, 0.05) is 18.3 Å². The number of hydrogen-bond donors (Lipinski definition) is 0. The summed E-state index contributed by atoms with van der Waals surface area (Å²) in [4.78, 5) is 0. The van der Waals surface area contributed by atoms with Crippen molar-refractivity contribution in [1.82, 2.24) is 4.57 Å². The van der Waals surface area contributed by atoms with Crippen LogP contribution < -0.4 is 0 Å². The molecular weight excluding hydrogens is 230 g/mol. The van der Waals surface area contributed by atoms with E-state index >= 15 is 0 Å². The predicted molar refractivity (Wildman–Crippen MR) is 81.6 cm³/mol. The highest BCUT2D eigenvalue weighted by molar-refractivity contribution is 5.80. The van der Waals surface area contributed by atoms with E-state index < -0.39 is 0 Å². The van der Waals surface area contributed by atoms with Gasteiger partial charge in [0.1, 0.15) is 0 Å². The van der Waals surface area contributed by atoms with Gasteiger partial charge in [-0.25, -0.2) is 0 Å². The molecule has 3 rings (SSSR count). The first-order valence-corrected chi connectivity index (χ1v) is 6.87. The van der Waals surface area contributed by atoms with Crippen molar-refractivity contribution in [2.75, 3.05) is 0 Å². The van der Waals surface area contributed by atoms with Gasteiger partial charge in [0.15, 0.2) is 0 Å². The number of hydrogen-bond acceptors (Lipinski definition) is 0. The van der Waals surface area contributed by atoms with E-state index in [0.29, 0.717) is 5.92 Å². The molecule has 0 bridgehead atoms. The second-order valence-corrected chi connectivity index (χ2v) is 5.40. The topological polar surface area (TPSA) is 4.93 Å². The molecule has 1 nitrogen and oxygen atoms in total. The summed E-state index contributed by atoms with van der Waals surface area (Å²) in [5, 5.41) is 1.31. The van der Waals surface area contributed by atoms with E-state index in [2.05, 4.69) is 79.2 Å². The number of nitrogens with zero attached hydrogens (tertiary/aromatic N) is 1. The van der Waals surface area contributed by atoms with Crippen LogP contribution in [0.25, 0.3) is 10.9 Å². The van der Waals surface area contributed by atoms with Crippen LogP contribution >= 0.6 is 0 Å². The molecule has 1 heterocycles. The van der Waals surface area contributed by atoms with Crippen molar-refractivity contribution in [3.63, 3.8) is 0 Å². The molecule has 0 atom stereocenters. The maximum absolute atomic E-state index is 2.31. The van der Waals surface area contributed by atoms with Crippen LogP contribution in [-0.2, 0) is 6.54 Å². The molecule has 2 aromatic carbocycles. The first kappa shape index (κ1) is 12.0. The Morgan fingerprint density at radius 3 is 2.37 bits per heavy atom. The van der Waals surface area contributed by atoms with E-state index in [1.807, 2.05) is 0 Å². The summed E-state index contributed by atoms with van der Waals surface area (Å²) in [6.45, 7) is 5.40. The minimum absolute atomic E-state index is 0.599. The third-order valence-corrected chi connectivity index (χ3v) is 3.68. The highest BCUT2D eigenvalue weighted by atomic mass is 14.9. The van der Waals surface area contributed by atoms with Gasteiger partial charge in [-0.3, -0.25) is 0 Å². The van der Waals surface area contributed by atoms with Gasteiger partial charge in [0.05, 0.1) is 0 Å². The molecule has 0 amide bonds. The number of fused-ring (bicyclic) bond motifs is 1. The average Bonchev–Trinajstić information content (AvgIpc) is 2.83. The normalized spacial score (nSPS) is 11.3. The summed E-state index contributed by atoms with van der Waals surface area (Å²) in [5.74, 6) is 0.599. The Kier molecular flexibility index (Phi) is 3.12. The third-order valence-electron chi connectivity index (χ3n) is 3.68. The quantitative estimate of drug-likeness (QED) is 0.627. The van der Waals surface area contributed by atoms with E-state index in [0.717, 1.165) is 6.54 Å². The zero-order valence-corrected chi connectivity index (χ0v) is 11.5. The molecule has 1 aromatic heterocycles. The van der Waals surface area contributed by atoms with Crippen LogP contribution in [0.3, 0.4) is 0 Å². The molecule has 19 heavy (non-hydrogen) atoms. The maximum atomic E-state index is 2.31. The molecule has 0 N–H and O–H groups in total. The van der Waals surface area contributed by atoms with Gasteiger partial charge in [-0.05, 0) is 34.6 Å². The van der Waals surface area contributed by atoms with Crippen LogP contribution in [-0.4, -0.2) is 4.57 Å². The van der Waals surface area contributed by atoms with Crippen molar-refractivity contribution >= 4 is 10.9 Å². The van der Waals surface area contributed by atoms with Crippen molar-refractivity contribution < 1.29 is 0 Å². The molecular formula is C18H19N. The summed E-state index contributed by atoms with van der Waals surface area (Å²) in [6, 6.07) is 19.7. The van der Waals surface area contributed by atoms with Crippen molar-refractivity contribution in [2.45, 2.75) is 26.3 Å². The summed E-state index contributed by atoms with van der Waals surface area (Å²) < 4.78 is 2.31. The minimum Gasteiger partial charge on any atom is -0.343 e. The molecule has 0 fully saturated rings. The van der Waals surface area contributed by atoms with Crippen LogP contribution in [0.2, 0.25) is 0 Å². The minimum atomic E-state index is 0.599. The van der Waals surface area contributed by atoms with Crippen molar-refractivity contribution in [2.24, 2.45) is 0 Å². The van der Waals surface area contributed by atoms with Gasteiger partial charge in [-0.1, -0.05) is 56.3 Å². The van der Waals surface area contributed by atoms with Crippen LogP contribution in [0.4, 0.5) is 0 Å². The van der Waals surface area contributed by atoms with E-state index in [4.69, 9.17) is 0 Å². The third kappa shape index (κ3) is 2.41. The van der Waals surface area contributed by atoms with E-state index in [-0.39, 0.29) is 0 Å². The average molecular weight is 249 g/mol. The SMILES string of the molecule is CC(C)c1ccc(Cn2ccc3ccccc32)cc1. The van der Waals surface area contributed by atoms with Gasteiger partial charge in [0.25, 0.3) is 0 Å². The summed E-state index contributed by atoms with van der Waals surface area (Å²) in [5.41, 5.74) is 4.06. The van der Waals surface area contributed by atoms with Crippen LogP contribution in [0.15, 0.2) is 60.8 Å². The van der Waals surface area contributed by atoms with Crippen molar-refractivity contribution in [3.05, 3.63) is 71.9 Å². The fraction of sp³-hybridized carbons (Fsp3) is 0.222. The first-order valence-electron chi connectivity index (χ1n) is 6.87. The Bertz CT molecular complexity index is 674. The molecule has 96 valence electrons. The molecule has 0 spiro atoms. The van der Waals surface area contributed by atoms with Gasteiger partial charge >= 0.3 is 0 Å². The monoisotopic (exact) mass is 249 g/mol. The lowest BCUT2D eigenvalue weighted by Gasteiger charge is -2.09. The largest absolute Gasteiger partial charge is 0.343 e. The molecule has 0 aliphatic heterocycles. The van der Waals surface area contributed by atoms with Gasteiger partial charge in [-0.2, -0.15) is 0 Å². The molecule has 3 aromatic rings. The Morgan fingerprint density at radius 2 is 1.63 bits per heavy atom. The lowest BCUT2D eigenvalue weighted by molar-refractivity contribution is 0.829. The van der Waals surface area contributed by atoms with Crippen LogP contribution in [0.5, 0.6) is 0 Å². The second-order valence-electron chi connectivity index (χ2n) is 5.40. The molecule has 0 saturated carbocycles. The number of benzene rings is 2. The molecule has 0 radical (unpaired) electrons. The number of rotatable bonds is 3. The van der Waals surface area contributed by atoms with Gasteiger partial charge in [0.2, 0.25) is 0 Å². The number of para-hydroxylation sites is 1. The Hall–Kier alpha value is -2.02. The smallest absolute Gasteiger partial charge is 0.0483 e. The van der Waals surface area contributed by atoms with Crippen molar-refractivity contribution in [3.8, 4) is 0 Å². The Labute approximate surface area is 114 Å². The standard InChI is InChI=1S/C18H19N/c1-14(2)16-9-7-15(8-10-16)13-19-12-11-17-5-3-4-6-18(17)19/h3-12,14H,13H2,1-2H3. The molecule has 0 aliphatic carbocycles. The Balaban J connectivity index is 1.88. The summed E-state index contributed by atoms with van der Waals surface area (Å²) in [6.07, 6.45) is 2.17. The summed E-state index contributed by atoms with van der Waals surface area (Å²) in [7, 11) is 0. The van der Waals surface area contributed by atoms with E-state index in [1.54, 1.807) is 0 Å². The highest BCUT2D eigenvalue weighted by Gasteiger charge is 2.02. The molecule has 0 aliphatic rings. The van der Waals surface area contributed by atoms with E-state index in [9.17, 15) is 0 Å². The fourth-order valence-electron chi connectivity index (χ4n) is 2.48. The van der Waals surface area contributed by atoms with Crippen molar-refractivity contribution in [1.29, 1.82) is 0 Å². The lowest BCUT2D eigenvalue weighted by Crippen LogP contribution is -1.98. The molecule has 1 heteroatoms. The first-order chi connectivity index (χ1) is 9.24. The van der Waals surface area contributed by atoms with Crippen LogP contribution in [0, 0.1) is 0 Å². The van der Waals surface area contributed by atoms with Gasteiger partial charge < -0.3 is 4.57 Å². The maximum Gasteiger partial charge on any atom is 0.0483 e. The fourth-order valence-corrected chi connectivity index (χ4v) is 2.48. The molecule has 0 unspecified atom stereocenters. The zero-order valence-electron chi connectivity index (χ0n) is 11.5. The number of aromatic nitrogens is 1. The van der Waals surface area contributed by atoms with E-state index in [1.165, 1.54) is 22.0 Å². The van der Waals surface area contributed by atoms with Gasteiger partial charge in [-0.15, -0.1) is 0 Å². The Morgan fingerprint density at radius 1 is 0.895 bits per heavy atom. The highest BCUT2D eigenvalue weighted by Crippen LogP contribution is 2.18. The predicted octanol–water partition coefficient (Wildman–Crippen LogP) is 4.81. The van der Waals surface area contributed by atoms with Crippen LogP contribution in [0.1, 0.15) is 30.9 Å². The summed E-state index contributed by atoms with van der Waals surface area (Å²) >= 11 is 0. The lowest BCUT2D eigenvalue weighted by atomic mass is 10.0.